The van der Waals surface area contributed by atoms with Gasteiger partial charge in [0.1, 0.15) is 11.6 Å². The summed E-state index contributed by atoms with van der Waals surface area (Å²) in [6.45, 7) is 0. The summed E-state index contributed by atoms with van der Waals surface area (Å²) in [5, 5.41) is 5.98. The Balaban J connectivity index is 2.10. The summed E-state index contributed by atoms with van der Waals surface area (Å²) in [5.74, 6) is 0.714. The smallest absolute Gasteiger partial charge is 0.399 e. The van der Waals surface area contributed by atoms with Crippen molar-refractivity contribution in [3.05, 3.63) is 59.4 Å². The van der Waals surface area contributed by atoms with Gasteiger partial charge in [-0.05, 0) is 47.5 Å². The number of nitrogens with one attached hydrogen (secondary N) is 2. The SMILES string of the molecule is CNc1nc(Cl)nc(Nc2cccc(N)c2)c1-c1ccc(C(F)(F)F)cc1. The molecule has 0 amide bonds. The van der Waals surface area contributed by atoms with Gasteiger partial charge >= 0.3 is 6.18 Å². The third-order valence-corrected chi connectivity index (χ3v) is 3.94. The van der Waals surface area contributed by atoms with Gasteiger partial charge in [-0.3, -0.25) is 0 Å². The van der Waals surface area contributed by atoms with Gasteiger partial charge in [0.2, 0.25) is 5.28 Å². The van der Waals surface area contributed by atoms with Crippen molar-refractivity contribution in [3.63, 3.8) is 0 Å². The lowest BCUT2D eigenvalue weighted by atomic mass is 10.0. The number of nitrogen functional groups attached to an aromatic ring is 1. The van der Waals surface area contributed by atoms with E-state index < -0.39 is 11.7 Å². The molecule has 0 bridgehead atoms. The molecular formula is C18H15ClF3N5. The van der Waals surface area contributed by atoms with Crippen molar-refractivity contribution in [3.8, 4) is 11.1 Å². The quantitative estimate of drug-likeness (QED) is 0.420. The number of hydrogen-bond donors (Lipinski definition) is 3. The van der Waals surface area contributed by atoms with E-state index in [1.54, 1.807) is 31.3 Å². The molecule has 3 rings (SSSR count). The summed E-state index contributed by atoms with van der Waals surface area (Å²) in [4.78, 5) is 8.31. The van der Waals surface area contributed by atoms with E-state index in [9.17, 15) is 13.2 Å². The number of benzene rings is 2. The van der Waals surface area contributed by atoms with Crippen molar-refractivity contribution in [1.82, 2.24) is 9.97 Å². The van der Waals surface area contributed by atoms with Crippen LogP contribution in [0, 0.1) is 0 Å². The summed E-state index contributed by atoms with van der Waals surface area (Å²) < 4.78 is 38.5. The van der Waals surface area contributed by atoms with Gasteiger partial charge in [-0.2, -0.15) is 18.2 Å². The minimum atomic E-state index is -4.41. The van der Waals surface area contributed by atoms with Gasteiger partial charge in [-0.25, -0.2) is 4.98 Å². The van der Waals surface area contributed by atoms with Crippen molar-refractivity contribution in [2.24, 2.45) is 0 Å². The fourth-order valence-electron chi connectivity index (χ4n) is 2.56. The predicted molar refractivity (Wildman–Crippen MR) is 101 cm³/mol. The highest BCUT2D eigenvalue weighted by atomic mass is 35.5. The maximum absolute atomic E-state index is 12.8. The standard InChI is InChI=1S/C18H15ClF3N5/c1-24-15-14(10-5-7-11(8-6-10)18(20,21)22)16(27-17(19)26-15)25-13-4-2-3-12(23)9-13/h2-9H,23H2,1H3,(H2,24,25,26,27). The molecule has 9 heteroatoms. The molecule has 0 aliphatic heterocycles. The lowest BCUT2D eigenvalue weighted by Crippen LogP contribution is -2.06. The second-order valence-electron chi connectivity index (χ2n) is 5.64. The van der Waals surface area contributed by atoms with Crippen LogP contribution in [0.25, 0.3) is 11.1 Å². The Kier molecular flexibility index (Phi) is 5.09. The largest absolute Gasteiger partial charge is 0.416 e. The van der Waals surface area contributed by atoms with Crippen LogP contribution in [0.1, 0.15) is 5.56 Å². The summed E-state index contributed by atoms with van der Waals surface area (Å²) in [6, 6.07) is 11.7. The van der Waals surface area contributed by atoms with Gasteiger partial charge in [-0.1, -0.05) is 18.2 Å². The predicted octanol–water partition coefficient (Wildman–Crippen LogP) is 5.18. The summed E-state index contributed by atoms with van der Waals surface area (Å²) in [7, 11) is 1.64. The average molecular weight is 394 g/mol. The Morgan fingerprint density at radius 1 is 1.00 bits per heavy atom. The Hall–Kier alpha value is -3.00. The Morgan fingerprint density at radius 3 is 2.26 bits per heavy atom. The first-order valence-corrected chi connectivity index (χ1v) is 8.21. The summed E-state index contributed by atoms with van der Waals surface area (Å²) in [6.07, 6.45) is -4.41. The Bertz CT molecular complexity index is 958. The molecule has 0 aliphatic rings. The van der Waals surface area contributed by atoms with Crippen molar-refractivity contribution in [2.45, 2.75) is 6.18 Å². The number of rotatable bonds is 4. The lowest BCUT2D eigenvalue weighted by Gasteiger charge is -2.16. The molecule has 27 heavy (non-hydrogen) atoms. The molecule has 2 aromatic carbocycles. The number of anilines is 4. The highest BCUT2D eigenvalue weighted by Gasteiger charge is 2.30. The molecule has 0 aliphatic carbocycles. The van der Waals surface area contributed by atoms with E-state index >= 15 is 0 Å². The zero-order chi connectivity index (χ0) is 19.6. The van der Waals surface area contributed by atoms with Gasteiger partial charge in [0.15, 0.2) is 0 Å². The minimum Gasteiger partial charge on any atom is -0.399 e. The van der Waals surface area contributed by atoms with Gasteiger partial charge in [0.25, 0.3) is 0 Å². The molecule has 0 saturated carbocycles. The number of nitrogens with two attached hydrogens (primary N) is 1. The van der Waals surface area contributed by atoms with Gasteiger partial charge in [0, 0.05) is 18.4 Å². The molecule has 0 fully saturated rings. The fourth-order valence-corrected chi connectivity index (χ4v) is 2.73. The normalized spacial score (nSPS) is 11.3. The molecule has 1 aromatic heterocycles. The van der Waals surface area contributed by atoms with Crippen LogP contribution >= 0.6 is 11.6 Å². The van der Waals surface area contributed by atoms with Crippen LogP contribution < -0.4 is 16.4 Å². The number of nitrogens with zero attached hydrogens (tertiary/aromatic N) is 2. The first-order valence-electron chi connectivity index (χ1n) is 7.83. The molecule has 0 radical (unpaired) electrons. The minimum absolute atomic E-state index is 0.0126. The van der Waals surface area contributed by atoms with E-state index in [-0.39, 0.29) is 5.28 Å². The molecule has 1 heterocycles. The van der Waals surface area contributed by atoms with E-state index in [2.05, 4.69) is 20.6 Å². The lowest BCUT2D eigenvalue weighted by molar-refractivity contribution is -0.137. The number of aromatic nitrogens is 2. The number of halogens is 4. The average Bonchev–Trinajstić information content (AvgIpc) is 2.60. The third kappa shape index (κ3) is 4.22. The Morgan fingerprint density at radius 2 is 1.67 bits per heavy atom. The molecule has 3 aromatic rings. The van der Waals surface area contributed by atoms with E-state index in [1.807, 2.05) is 0 Å². The monoisotopic (exact) mass is 393 g/mol. The fraction of sp³-hybridized carbons (Fsp3) is 0.111. The maximum atomic E-state index is 12.8. The van der Waals surface area contributed by atoms with Crippen LogP contribution in [0.2, 0.25) is 5.28 Å². The van der Waals surface area contributed by atoms with E-state index in [4.69, 9.17) is 17.3 Å². The molecule has 5 nitrogen and oxygen atoms in total. The van der Waals surface area contributed by atoms with Crippen molar-refractivity contribution in [2.75, 3.05) is 23.4 Å². The highest BCUT2D eigenvalue weighted by molar-refractivity contribution is 6.28. The van der Waals surface area contributed by atoms with Gasteiger partial charge in [-0.15, -0.1) is 0 Å². The van der Waals surface area contributed by atoms with E-state index in [0.29, 0.717) is 34.1 Å². The molecule has 140 valence electrons. The van der Waals surface area contributed by atoms with Crippen LogP contribution in [0.4, 0.5) is 36.2 Å². The first-order chi connectivity index (χ1) is 12.8. The van der Waals surface area contributed by atoms with Crippen molar-refractivity contribution < 1.29 is 13.2 Å². The zero-order valence-electron chi connectivity index (χ0n) is 14.1. The molecule has 4 N–H and O–H groups in total. The molecular weight excluding hydrogens is 379 g/mol. The summed E-state index contributed by atoms with van der Waals surface area (Å²) in [5.41, 5.74) is 7.23. The van der Waals surface area contributed by atoms with E-state index in [0.717, 1.165) is 12.1 Å². The molecule has 0 unspecified atom stereocenters. The Labute approximate surface area is 158 Å². The second kappa shape index (κ2) is 7.32. The van der Waals surface area contributed by atoms with Crippen LogP contribution in [0.5, 0.6) is 0 Å². The van der Waals surface area contributed by atoms with Gasteiger partial charge in [0.05, 0.1) is 11.1 Å². The molecule has 0 saturated heterocycles. The van der Waals surface area contributed by atoms with Crippen LogP contribution in [-0.4, -0.2) is 17.0 Å². The zero-order valence-corrected chi connectivity index (χ0v) is 14.9. The highest BCUT2D eigenvalue weighted by Crippen LogP contribution is 2.37. The third-order valence-electron chi connectivity index (χ3n) is 3.77. The van der Waals surface area contributed by atoms with Gasteiger partial charge < -0.3 is 16.4 Å². The van der Waals surface area contributed by atoms with E-state index in [1.165, 1.54) is 12.1 Å². The van der Waals surface area contributed by atoms with Crippen LogP contribution in [0.3, 0.4) is 0 Å². The summed E-state index contributed by atoms with van der Waals surface area (Å²) >= 11 is 6.00. The maximum Gasteiger partial charge on any atom is 0.416 e. The van der Waals surface area contributed by atoms with Crippen molar-refractivity contribution >= 4 is 34.6 Å². The molecule has 0 atom stereocenters. The second-order valence-corrected chi connectivity index (χ2v) is 5.98. The topological polar surface area (TPSA) is 75.9 Å². The van der Waals surface area contributed by atoms with Crippen LogP contribution in [-0.2, 0) is 6.18 Å². The van der Waals surface area contributed by atoms with Crippen LogP contribution in [0.15, 0.2) is 48.5 Å². The van der Waals surface area contributed by atoms with Crippen molar-refractivity contribution in [1.29, 1.82) is 0 Å². The molecule has 0 spiro atoms. The number of hydrogen-bond acceptors (Lipinski definition) is 5. The first kappa shape index (κ1) is 18.8. The number of alkyl halides is 3.